The van der Waals surface area contributed by atoms with Crippen LogP contribution in [0.5, 0.6) is 5.75 Å². The van der Waals surface area contributed by atoms with E-state index in [-0.39, 0.29) is 11.8 Å². The lowest BCUT2D eigenvalue weighted by molar-refractivity contribution is -0.129. The van der Waals surface area contributed by atoms with Gasteiger partial charge in [0.15, 0.2) is 0 Å². The number of para-hydroxylation sites is 1. The van der Waals surface area contributed by atoms with Crippen molar-refractivity contribution in [2.45, 2.75) is 13.3 Å². The van der Waals surface area contributed by atoms with E-state index in [0.717, 1.165) is 17.0 Å². The van der Waals surface area contributed by atoms with Gasteiger partial charge < -0.3 is 15.0 Å². The number of hydrogen-bond acceptors (Lipinski definition) is 3. The molecule has 126 valence electrons. The Hall–Kier alpha value is -2.82. The second-order valence-corrected chi connectivity index (χ2v) is 5.53. The molecule has 0 atom stereocenters. The zero-order chi connectivity index (χ0) is 17.4. The van der Waals surface area contributed by atoms with Crippen molar-refractivity contribution >= 4 is 17.5 Å². The Labute approximate surface area is 142 Å². The minimum absolute atomic E-state index is 0.0268. The molecular formula is C19H22N2O3. The zero-order valence-corrected chi connectivity index (χ0v) is 14.0. The first-order chi connectivity index (χ1) is 11.5. The van der Waals surface area contributed by atoms with Crippen LogP contribution in [0.3, 0.4) is 0 Å². The van der Waals surface area contributed by atoms with Crippen LogP contribution in [0.2, 0.25) is 0 Å². The van der Waals surface area contributed by atoms with Crippen LogP contribution in [0.4, 0.5) is 5.69 Å². The molecule has 0 unspecified atom stereocenters. The SMILES string of the molecule is CC(=O)Nc1ccc(CC(=O)N(C)CCOc2ccccc2)cc1. The number of ether oxygens (including phenoxy) is 1. The van der Waals surface area contributed by atoms with Crippen LogP contribution in [0.25, 0.3) is 0 Å². The minimum Gasteiger partial charge on any atom is -0.492 e. The Balaban J connectivity index is 1.77. The van der Waals surface area contributed by atoms with Crippen molar-refractivity contribution in [3.63, 3.8) is 0 Å². The predicted octanol–water partition coefficient (Wildman–Crippen LogP) is 2.72. The monoisotopic (exact) mass is 326 g/mol. The molecule has 2 aromatic rings. The van der Waals surface area contributed by atoms with E-state index in [9.17, 15) is 9.59 Å². The van der Waals surface area contributed by atoms with Crippen LogP contribution < -0.4 is 10.1 Å². The normalized spacial score (nSPS) is 10.1. The maximum atomic E-state index is 12.2. The van der Waals surface area contributed by atoms with E-state index in [2.05, 4.69) is 5.32 Å². The molecule has 2 amide bonds. The molecule has 0 spiro atoms. The number of carbonyl (C=O) groups is 2. The summed E-state index contributed by atoms with van der Waals surface area (Å²) in [7, 11) is 1.77. The van der Waals surface area contributed by atoms with Gasteiger partial charge in [-0.15, -0.1) is 0 Å². The van der Waals surface area contributed by atoms with Gasteiger partial charge in [0.2, 0.25) is 11.8 Å². The smallest absolute Gasteiger partial charge is 0.226 e. The van der Waals surface area contributed by atoms with Crippen molar-refractivity contribution in [1.82, 2.24) is 4.90 Å². The van der Waals surface area contributed by atoms with Crippen molar-refractivity contribution in [2.24, 2.45) is 0 Å². The summed E-state index contributed by atoms with van der Waals surface area (Å²) in [6.45, 7) is 2.44. The van der Waals surface area contributed by atoms with E-state index in [4.69, 9.17) is 4.74 Å². The van der Waals surface area contributed by atoms with Crippen molar-refractivity contribution < 1.29 is 14.3 Å². The van der Waals surface area contributed by atoms with Crippen LogP contribution in [-0.2, 0) is 16.0 Å². The molecule has 0 bridgehead atoms. The van der Waals surface area contributed by atoms with E-state index in [0.29, 0.717) is 19.6 Å². The maximum Gasteiger partial charge on any atom is 0.226 e. The molecule has 0 radical (unpaired) electrons. The van der Waals surface area contributed by atoms with Gasteiger partial charge in [0.05, 0.1) is 13.0 Å². The molecule has 0 aliphatic rings. The van der Waals surface area contributed by atoms with Crippen molar-refractivity contribution in [2.75, 3.05) is 25.5 Å². The van der Waals surface area contributed by atoms with Crippen LogP contribution >= 0.6 is 0 Å². The fourth-order valence-electron chi connectivity index (χ4n) is 2.16. The molecule has 0 saturated carbocycles. The Kier molecular flexibility index (Phi) is 6.37. The summed E-state index contributed by atoms with van der Waals surface area (Å²) in [6, 6.07) is 16.8. The second-order valence-electron chi connectivity index (χ2n) is 5.53. The number of rotatable bonds is 7. The lowest BCUT2D eigenvalue weighted by Gasteiger charge is -2.17. The zero-order valence-electron chi connectivity index (χ0n) is 14.0. The van der Waals surface area contributed by atoms with Gasteiger partial charge in [-0.2, -0.15) is 0 Å². The van der Waals surface area contributed by atoms with Crippen LogP contribution in [0.15, 0.2) is 54.6 Å². The molecule has 0 aliphatic carbocycles. The molecule has 2 aromatic carbocycles. The molecule has 5 nitrogen and oxygen atoms in total. The number of anilines is 1. The van der Waals surface area contributed by atoms with E-state index < -0.39 is 0 Å². The number of nitrogens with zero attached hydrogens (tertiary/aromatic N) is 1. The molecule has 0 heterocycles. The Morgan fingerprint density at radius 2 is 1.71 bits per heavy atom. The highest BCUT2D eigenvalue weighted by Crippen LogP contribution is 2.11. The summed E-state index contributed by atoms with van der Waals surface area (Å²) < 4.78 is 5.60. The van der Waals surface area contributed by atoms with Gasteiger partial charge in [0.25, 0.3) is 0 Å². The van der Waals surface area contributed by atoms with Crippen molar-refractivity contribution in [3.8, 4) is 5.75 Å². The van der Waals surface area contributed by atoms with Crippen LogP contribution in [-0.4, -0.2) is 36.9 Å². The summed E-state index contributed by atoms with van der Waals surface area (Å²) in [5.74, 6) is 0.711. The Morgan fingerprint density at radius 1 is 1.04 bits per heavy atom. The number of likely N-dealkylation sites (N-methyl/N-ethyl adjacent to an activating group) is 1. The highest BCUT2D eigenvalue weighted by atomic mass is 16.5. The van der Waals surface area contributed by atoms with E-state index in [1.54, 1.807) is 24.1 Å². The predicted molar refractivity (Wildman–Crippen MR) is 94.0 cm³/mol. The van der Waals surface area contributed by atoms with Gasteiger partial charge in [-0.25, -0.2) is 0 Å². The fourth-order valence-corrected chi connectivity index (χ4v) is 2.16. The third-order valence-electron chi connectivity index (χ3n) is 3.49. The maximum absolute atomic E-state index is 12.2. The van der Waals surface area contributed by atoms with Crippen LogP contribution in [0, 0.1) is 0 Å². The summed E-state index contributed by atoms with van der Waals surface area (Å²) in [5, 5.41) is 2.70. The molecule has 5 heteroatoms. The van der Waals surface area contributed by atoms with Crippen LogP contribution in [0.1, 0.15) is 12.5 Å². The second kappa shape index (κ2) is 8.72. The van der Waals surface area contributed by atoms with Crippen molar-refractivity contribution in [1.29, 1.82) is 0 Å². The first-order valence-electron chi connectivity index (χ1n) is 7.83. The van der Waals surface area contributed by atoms with Gasteiger partial charge in [-0.1, -0.05) is 30.3 Å². The van der Waals surface area contributed by atoms with Gasteiger partial charge in [-0.05, 0) is 29.8 Å². The third kappa shape index (κ3) is 5.76. The van der Waals surface area contributed by atoms with Gasteiger partial charge in [-0.3, -0.25) is 9.59 Å². The first-order valence-corrected chi connectivity index (χ1v) is 7.83. The molecule has 0 aliphatic heterocycles. The number of carbonyl (C=O) groups excluding carboxylic acids is 2. The summed E-state index contributed by atoms with van der Waals surface area (Å²) >= 11 is 0. The fraction of sp³-hybridized carbons (Fsp3) is 0.263. The third-order valence-corrected chi connectivity index (χ3v) is 3.49. The number of nitrogens with one attached hydrogen (secondary N) is 1. The largest absolute Gasteiger partial charge is 0.492 e. The lowest BCUT2D eigenvalue weighted by atomic mass is 10.1. The molecule has 0 fully saturated rings. The Bertz CT molecular complexity index is 669. The van der Waals surface area contributed by atoms with E-state index in [1.807, 2.05) is 42.5 Å². The minimum atomic E-state index is -0.114. The first kappa shape index (κ1) is 17.5. The number of hydrogen-bond donors (Lipinski definition) is 1. The van der Waals surface area contributed by atoms with Gasteiger partial charge >= 0.3 is 0 Å². The lowest BCUT2D eigenvalue weighted by Crippen LogP contribution is -2.32. The molecule has 24 heavy (non-hydrogen) atoms. The number of amides is 2. The highest BCUT2D eigenvalue weighted by molar-refractivity contribution is 5.88. The molecule has 2 rings (SSSR count). The summed E-state index contributed by atoms with van der Waals surface area (Å²) in [5.41, 5.74) is 1.63. The highest BCUT2D eigenvalue weighted by Gasteiger charge is 2.10. The molecule has 0 aromatic heterocycles. The standard InChI is InChI=1S/C19H22N2O3/c1-15(22)20-17-10-8-16(9-11-17)14-19(23)21(2)12-13-24-18-6-4-3-5-7-18/h3-11H,12-14H2,1-2H3,(H,20,22). The average molecular weight is 326 g/mol. The molecule has 1 N–H and O–H groups in total. The molecule has 0 saturated heterocycles. The summed E-state index contributed by atoms with van der Waals surface area (Å²) in [4.78, 5) is 24.9. The quantitative estimate of drug-likeness (QED) is 0.851. The topological polar surface area (TPSA) is 58.6 Å². The van der Waals surface area contributed by atoms with Gasteiger partial charge in [0.1, 0.15) is 12.4 Å². The number of benzene rings is 2. The average Bonchev–Trinajstić information content (AvgIpc) is 2.57. The van der Waals surface area contributed by atoms with E-state index >= 15 is 0 Å². The van der Waals surface area contributed by atoms with Gasteiger partial charge in [0, 0.05) is 19.7 Å². The molecular weight excluding hydrogens is 304 g/mol. The van der Waals surface area contributed by atoms with Crippen molar-refractivity contribution in [3.05, 3.63) is 60.2 Å². The summed E-state index contributed by atoms with van der Waals surface area (Å²) in [6.07, 6.45) is 0.322. The Morgan fingerprint density at radius 3 is 2.33 bits per heavy atom. The van der Waals surface area contributed by atoms with E-state index in [1.165, 1.54) is 6.92 Å².